The van der Waals surface area contributed by atoms with E-state index in [1.807, 2.05) is 0 Å². The van der Waals surface area contributed by atoms with Gasteiger partial charge in [-0.2, -0.15) is 0 Å². The molecule has 1 aliphatic rings. The molecule has 0 aromatic rings. The number of aliphatic hydroxyl groups excluding tert-OH is 1. The Labute approximate surface area is 154 Å². The summed E-state index contributed by atoms with van der Waals surface area (Å²) in [4.78, 5) is 0. The summed E-state index contributed by atoms with van der Waals surface area (Å²) >= 11 is 0. The van der Waals surface area contributed by atoms with E-state index in [9.17, 15) is 5.11 Å². The van der Waals surface area contributed by atoms with E-state index in [4.69, 9.17) is 9.47 Å². The summed E-state index contributed by atoms with van der Waals surface area (Å²) in [6.07, 6.45) is 15.0. The second-order valence-corrected chi connectivity index (χ2v) is 6.47. The number of hydrogen-bond acceptors (Lipinski definition) is 3. The van der Waals surface area contributed by atoms with Crippen molar-refractivity contribution in [2.45, 2.75) is 89.9 Å². The van der Waals surface area contributed by atoms with Crippen molar-refractivity contribution in [1.82, 2.24) is 0 Å². The van der Waals surface area contributed by atoms with Gasteiger partial charge in [0.05, 0.1) is 12.7 Å². The Bertz CT molecular complexity index is 455. The maximum Gasteiger partial charge on any atom is 0.157 e. The van der Waals surface area contributed by atoms with E-state index < -0.39 is 0 Å². The van der Waals surface area contributed by atoms with Crippen molar-refractivity contribution in [3.8, 4) is 23.7 Å². The van der Waals surface area contributed by atoms with Crippen molar-refractivity contribution in [2.75, 3.05) is 13.2 Å². The van der Waals surface area contributed by atoms with Crippen LogP contribution in [0.15, 0.2) is 12.2 Å². The molecule has 3 nitrogen and oxygen atoms in total. The number of unbranched alkanes of at least 4 members (excludes halogenated alkanes) is 5. The molecule has 1 unspecified atom stereocenters. The first-order chi connectivity index (χ1) is 12.3. The molecular formula is C22H34O3. The molecule has 1 saturated heterocycles. The fourth-order valence-electron chi connectivity index (χ4n) is 2.61. The highest BCUT2D eigenvalue weighted by atomic mass is 16.7. The average Bonchev–Trinajstić information content (AvgIpc) is 2.64. The maximum absolute atomic E-state index is 9.80. The molecule has 3 heteroatoms. The molecule has 0 bridgehead atoms. The summed E-state index contributed by atoms with van der Waals surface area (Å²) in [5.74, 6) is 11.5. The highest BCUT2D eigenvalue weighted by Gasteiger charge is 2.12. The summed E-state index contributed by atoms with van der Waals surface area (Å²) < 4.78 is 11.1. The fraction of sp³-hybridized carbons (Fsp3) is 0.727. The third-order valence-corrected chi connectivity index (χ3v) is 4.12. The van der Waals surface area contributed by atoms with E-state index in [1.165, 1.54) is 32.1 Å². The van der Waals surface area contributed by atoms with Crippen LogP contribution in [0, 0.1) is 23.7 Å². The Morgan fingerprint density at radius 2 is 2.04 bits per heavy atom. The van der Waals surface area contributed by atoms with Crippen LogP contribution in [0.5, 0.6) is 0 Å². The number of rotatable bonds is 11. The Morgan fingerprint density at radius 3 is 2.84 bits per heavy atom. The molecule has 0 radical (unpaired) electrons. The van der Waals surface area contributed by atoms with Crippen LogP contribution in [-0.4, -0.2) is 30.7 Å². The minimum absolute atomic E-state index is 0.00953. The lowest BCUT2D eigenvalue weighted by Gasteiger charge is -2.22. The maximum atomic E-state index is 9.80. The lowest BCUT2D eigenvalue weighted by atomic mass is 10.1. The van der Waals surface area contributed by atoms with E-state index in [0.717, 1.165) is 45.1 Å². The molecule has 1 N–H and O–H groups in total. The second-order valence-electron chi connectivity index (χ2n) is 6.47. The van der Waals surface area contributed by atoms with Gasteiger partial charge in [-0.25, -0.2) is 0 Å². The highest BCUT2D eigenvalue weighted by Crippen LogP contribution is 2.13. The largest absolute Gasteiger partial charge is 0.389 e. The Hall–Kier alpha value is -1.26. The monoisotopic (exact) mass is 346 g/mol. The van der Waals surface area contributed by atoms with Gasteiger partial charge in [-0.3, -0.25) is 0 Å². The van der Waals surface area contributed by atoms with Gasteiger partial charge in [0.15, 0.2) is 6.29 Å². The Balaban J connectivity index is 1.99. The lowest BCUT2D eigenvalue weighted by Crippen LogP contribution is -2.22. The van der Waals surface area contributed by atoms with Crippen molar-refractivity contribution in [2.24, 2.45) is 0 Å². The number of hydrogen-bond donors (Lipinski definition) is 1. The Kier molecular flexibility index (Phi) is 14.1. The predicted octanol–water partition coefficient (Wildman–Crippen LogP) is 4.59. The van der Waals surface area contributed by atoms with Crippen LogP contribution < -0.4 is 0 Å². The van der Waals surface area contributed by atoms with Gasteiger partial charge in [0, 0.05) is 13.0 Å². The molecule has 0 aliphatic carbocycles. The first-order valence-corrected chi connectivity index (χ1v) is 9.89. The van der Waals surface area contributed by atoms with Gasteiger partial charge in [-0.05, 0) is 56.1 Å². The fourth-order valence-corrected chi connectivity index (χ4v) is 2.61. The summed E-state index contributed by atoms with van der Waals surface area (Å²) in [6.45, 7) is 3.72. The van der Waals surface area contributed by atoms with E-state index in [2.05, 4.69) is 30.6 Å². The van der Waals surface area contributed by atoms with Crippen LogP contribution in [0.1, 0.15) is 77.6 Å². The molecule has 0 saturated carbocycles. The van der Waals surface area contributed by atoms with Gasteiger partial charge in [-0.1, -0.05) is 50.9 Å². The van der Waals surface area contributed by atoms with E-state index in [0.29, 0.717) is 6.61 Å². The zero-order chi connectivity index (χ0) is 18.0. The predicted molar refractivity (Wildman–Crippen MR) is 103 cm³/mol. The molecule has 0 aromatic heterocycles. The molecule has 2 atom stereocenters. The van der Waals surface area contributed by atoms with Crippen molar-refractivity contribution < 1.29 is 14.6 Å². The van der Waals surface area contributed by atoms with E-state index in [-0.39, 0.29) is 12.4 Å². The smallest absolute Gasteiger partial charge is 0.157 e. The van der Waals surface area contributed by atoms with Crippen LogP contribution in [0.25, 0.3) is 0 Å². The van der Waals surface area contributed by atoms with Gasteiger partial charge < -0.3 is 14.6 Å². The molecule has 1 fully saturated rings. The van der Waals surface area contributed by atoms with Crippen molar-refractivity contribution in [3.63, 3.8) is 0 Å². The molecule has 140 valence electrons. The Morgan fingerprint density at radius 1 is 1.16 bits per heavy atom. The van der Waals surface area contributed by atoms with Crippen LogP contribution >= 0.6 is 0 Å². The highest BCUT2D eigenvalue weighted by molar-refractivity contribution is 5.30. The standard InChI is InChI=1S/C22H34O3/c1-2-3-4-8-11-16-21(23)17-12-9-6-5-7-10-14-19-24-22-18-13-15-20-25-22/h12,17,21-23H,2-4,8,10-11,13-16,18-20H2,1H3/b17-12+/t21-,22?/m0/s1. The van der Waals surface area contributed by atoms with Crippen LogP contribution in [0.4, 0.5) is 0 Å². The third-order valence-electron chi connectivity index (χ3n) is 4.12. The van der Waals surface area contributed by atoms with Gasteiger partial charge >= 0.3 is 0 Å². The summed E-state index contributed by atoms with van der Waals surface area (Å²) in [5.41, 5.74) is 0. The zero-order valence-electron chi connectivity index (χ0n) is 15.8. The first kappa shape index (κ1) is 21.8. The average molecular weight is 347 g/mol. The summed E-state index contributed by atoms with van der Waals surface area (Å²) in [7, 11) is 0. The molecular weight excluding hydrogens is 312 g/mol. The van der Waals surface area contributed by atoms with Crippen LogP contribution in [0.3, 0.4) is 0 Å². The van der Waals surface area contributed by atoms with Gasteiger partial charge in [-0.15, -0.1) is 0 Å². The third kappa shape index (κ3) is 13.7. The van der Waals surface area contributed by atoms with Crippen molar-refractivity contribution >= 4 is 0 Å². The second kappa shape index (κ2) is 16.2. The molecule has 1 aliphatic heterocycles. The van der Waals surface area contributed by atoms with Gasteiger partial charge in [0.25, 0.3) is 0 Å². The number of ether oxygens (including phenoxy) is 2. The molecule has 25 heavy (non-hydrogen) atoms. The van der Waals surface area contributed by atoms with E-state index >= 15 is 0 Å². The molecule has 0 amide bonds. The minimum atomic E-state index is -0.386. The normalized spacial score (nSPS) is 18.2. The number of allylic oxidation sites excluding steroid dienone is 1. The van der Waals surface area contributed by atoms with Gasteiger partial charge in [0.2, 0.25) is 0 Å². The summed E-state index contributed by atoms with van der Waals surface area (Å²) in [5, 5.41) is 9.80. The first-order valence-electron chi connectivity index (χ1n) is 9.89. The minimum Gasteiger partial charge on any atom is -0.389 e. The lowest BCUT2D eigenvalue weighted by molar-refractivity contribution is -0.162. The summed E-state index contributed by atoms with van der Waals surface area (Å²) in [6, 6.07) is 0. The van der Waals surface area contributed by atoms with Crippen LogP contribution in [-0.2, 0) is 9.47 Å². The zero-order valence-corrected chi connectivity index (χ0v) is 15.8. The molecule has 0 aromatic carbocycles. The topological polar surface area (TPSA) is 38.7 Å². The molecule has 1 heterocycles. The van der Waals surface area contributed by atoms with Crippen LogP contribution in [0.2, 0.25) is 0 Å². The SMILES string of the molecule is CCCCCCC[C@H](O)/C=C/C#CC#CCCCOC1CCCCO1. The molecule has 1 rings (SSSR count). The van der Waals surface area contributed by atoms with Gasteiger partial charge in [0.1, 0.15) is 0 Å². The van der Waals surface area contributed by atoms with Crippen molar-refractivity contribution in [1.29, 1.82) is 0 Å². The molecule has 0 spiro atoms. The number of aliphatic hydroxyl groups is 1. The van der Waals surface area contributed by atoms with Crippen molar-refractivity contribution in [3.05, 3.63) is 12.2 Å². The van der Waals surface area contributed by atoms with E-state index in [1.54, 1.807) is 12.2 Å². The quantitative estimate of drug-likeness (QED) is 0.439.